The Kier molecular flexibility index (Phi) is 4.84. The van der Waals surface area contributed by atoms with Crippen molar-refractivity contribution in [2.75, 3.05) is 5.32 Å². The normalized spacial score (nSPS) is 9.81. The zero-order chi connectivity index (χ0) is 15.2. The minimum absolute atomic E-state index is 0.218. The highest BCUT2D eigenvalue weighted by Gasteiger charge is 2.07. The summed E-state index contributed by atoms with van der Waals surface area (Å²) in [5.74, 6) is 0.837. The van der Waals surface area contributed by atoms with Gasteiger partial charge in [0.2, 0.25) is 11.8 Å². The van der Waals surface area contributed by atoms with E-state index in [1.54, 1.807) is 18.3 Å². The van der Waals surface area contributed by atoms with Gasteiger partial charge in [0.25, 0.3) is 0 Å². The first kappa shape index (κ1) is 14.9. The van der Waals surface area contributed by atoms with Crippen molar-refractivity contribution in [3.8, 4) is 11.6 Å². The van der Waals surface area contributed by atoms with Crippen molar-refractivity contribution < 1.29 is 9.53 Å². The molecule has 2 N–H and O–H groups in total. The molecule has 1 heterocycles. The monoisotopic (exact) mass is 301 g/mol. The maximum Gasteiger partial charge on any atom is 0.222 e. The molecule has 0 radical (unpaired) electrons. The van der Waals surface area contributed by atoms with Gasteiger partial charge in [-0.3, -0.25) is 4.79 Å². The smallest absolute Gasteiger partial charge is 0.222 e. The number of nitrogens with one attached hydrogen (secondary N) is 2. The van der Waals surface area contributed by atoms with Gasteiger partial charge in [0.15, 0.2) is 10.9 Å². The fourth-order valence-electron chi connectivity index (χ4n) is 1.65. The number of para-hydroxylation sites is 2. The maximum atomic E-state index is 11.0. The number of pyridine rings is 1. The van der Waals surface area contributed by atoms with E-state index >= 15 is 0 Å². The summed E-state index contributed by atoms with van der Waals surface area (Å²) in [7, 11) is 0. The average Bonchev–Trinajstić information content (AvgIpc) is 2.40. The van der Waals surface area contributed by atoms with Crippen LogP contribution in [-0.2, 0) is 4.79 Å². The van der Waals surface area contributed by atoms with Crippen LogP contribution in [0, 0.1) is 6.92 Å². The number of rotatable bonds is 3. The van der Waals surface area contributed by atoms with E-state index in [1.807, 2.05) is 31.2 Å². The molecule has 2 aromatic rings. The number of amides is 1. The molecule has 0 bridgehead atoms. The van der Waals surface area contributed by atoms with Crippen LogP contribution >= 0.6 is 12.2 Å². The summed E-state index contributed by atoms with van der Waals surface area (Å²) in [6.07, 6.45) is 1.68. The van der Waals surface area contributed by atoms with Gasteiger partial charge in [0.05, 0.1) is 5.69 Å². The van der Waals surface area contributed by atoms with E-state index in [9.17, 15) is 4.79 Å². The Hall–Kier alpha value is -2.47. The molecule has 5 nitrogen and oxygen atoms in total. The van der Waals surface area contributed by atoms with E-state index in [-0.39, 0.29) is 11.0 Å². The summed E-state index contributed by atoms with van der Waals surface area (Å²) in [4.78, 5) is 15.1. The third-order valence-electron chi connectivity index (χ3n) is 2.53. The molecule has 0 saturated heterocycles. The molecule has 0 saturated carbocycles. The highest BCUT2D eigenvalue weighted by molar-refractivity contribution is 7.80. The number of benzene rings is 1. The van der Waals surface area contributed by atoms with E-state index in [4.69, 9.17) is 17.0 Å². The first-order valence-corrected chi connectivity index (χ1v) is 6.73. The number of aromatic nitrogens is 1. The molecule has 1 aromatic carbocycles. The molecule has 1 amide bonds. The molecule has 2 rings (SSSR count). The average molecular weight is 301 g/mol. The number of carbonyl (C=O) groups excluding carboxylic acids is 1. The highest BCUT2D eigenvalue weighted by atomic mass is 32.1. The van der Waals surface area contributed by atoms with Crippen molar-refractivity contribution in [3.05, 3.63) is 48.2 Å². The first-order valence-electron chi connectivity index (χ1n) is 6.33. The van der Waals surface area contributed by atoms with Crippen LogP contribution in [0.2, 0.25) is 0 Å². The van der Waals surface area contributed by atoms with Crippen LogP contribution in [0.5, 0.6) is 11.6 Å². The number of aryl methyl sites for hydroxylation is 1. The predicted octanol–water partition coefficient (Wildman–Crippen LogP) is 3.02. The van der Waals surface area contributed by atoms with Crippen LogP contribution in [-0.4, -0.2) is 16.0 Å². The summed E-state index contributed by atoms with van der Waals surface area (Å²) in [6.45, 7) is 3.36. The van der Waals surface area contributed by atoms with E-state index in [1.165, 1.54) is 6.92 Å². The Bertz CT molecular complexity index is 673. The van der Waals surface area contributed by atoms with Crippen molar-refractivity contribution in [2.45, 2.75) is 13.8 Å². The number of ether oxygens (including phenoxy) is 1. The third-order valence-corrected chi connectivity index (χ3v) is 2.73. The quantitative estimate of drug-likeness (QED) is 0.853. The molecule has 0 spiro atoms. The van der Waals surface area contributed by atoms with Gasteiger partial charge in [-0.1, -0.05) is 12.1 Å². The second-order valence-electron chi connectivity index (χ2n) is 4.40. The predicted molar refractivity (Wildman–Crippen MR) is 85.5 cm³/mol. The summed E-state index contributed by atoms with van der Waals surface area (Å²) < 4.78 is 5.75. The summed E-state index contributed by atoms with van der Waals surface area (Å²) in [5, 5.41) is 5.64. The van der Waals surface area contributed by atoms with Gasteiger partial charge in [0.1, 0.15) is 0 Å². The van der Waals surface area contributed by atoms with Gasteiger partial charge in [0, 0.05) is 19.2 Å². The molecule has 0 aliphatic rings. The van der Waals surface area contributed by atoms with Gasteiger partial charge in [-0.2, -0.15) is 0 Å². The van der Waals surface area contributed by atoms with Gasteiger partial charge >= 0.3 is 0 Å². The Morgan fingerprint density at radius 1 is 1.29 bits per heavy atom. The minimum Gasteiger partial charge on any atom is -0.437 e. The molecular formula is C15H15N3O2S. The molecule has 0 aliphatic carbocycles. The molecule has 108 valence electrons. The summed E-state index contributed by atoms with van der Waals surface area (Å²) in [6, 6.07) is 11.0. The number of nitrogens with zero attached hydrogens (tertiary/aromatic N) is 1. The van der Waals surface area contributed by atoms with Crippen LogP contribution in [0.3, 0.4) is 0 Å². The topological polar surface area (TPSA) is 63.2 Å². The number of hydrogen-bond donors (Lipinski definition) is 2. The largest absolute Gasteiger partial charge is 0.437 e. The lowest BCUT2D eigenvalue weighted by atomic mass is 10.3. The molecule has 0 fully saturated rings. The fourth-order valence-corrected chi connectivity index (χ4v) is 1.90. The van der Waals surface area contributed by atoms with Crippen LogP contribution < -0.4 is 15.4 Å². The zero-order valence-corrected chi connectivity index (χ0v) is 12.5. The van der Waals surface area contributed by atoms with E-state index in [2.05, 4.69) is 15.6 Å². The third kappa shape index (κ3) is 4.54. The second-order valence-corrected chi connectivity index (χ2v) is 4.81. The minimum atomic E-state index is -0.230. The molecule has 0 atom stereocenters. The maximum absolute atomic E-state index is 11.0. The van der Waals surface area contributed by atoms with E-state index in [0.29, 0.717) is 17.3 Å². The Morgan fingerprint density at radius 2 is 2.05 bits per heavy atom. The lowest BCUT2D eigenvalue weighted by Crippen LogP contribution is -2.32. The molecule has 1 aromatic heterocycles. The Morgan fingerprint density at radius 3 is 2.76 bits per heavy atom. The first-order chi connectivity index (χ1) is 10.0. The molecule has 0 unspecified atom stereocenters. The summed E-state index contributed by atoms with van der Waals surface area (Å²) in [5.41, 5.74) is 1.71. The second kappa shape index (κ2) is 6.81. The van der Waals surface area contributed by atoms with Crippen LogP contribution in [0.4, 0.5) is 5.69 Å². The van der Waals surface area contributed by atoms with Crippen LogP contribution in [0.1, 0.15) is 12.5 Å². The van der Waals surface area contributed by atoms with E-state index in [0.717, 1.165) is 5.56 Å². The number of hydrogen-bond acceptors (Lipinski definition) is 4. The zero-order valence-electron chi connectivity index (χ0n) is 11.7. The molecule has 21 heavy (non-hydrogen) atoms. The SMILES string of the molecule is CC(=O)NC(=S)Nc1ccccc1Oc1cc(C)ccn1. The summed E-state index contributed by atoms with van der Waals surface area (Å²) >= 11 is 5.04. The van der Waals surface area contributed by atoms with Gasteiger partial charge < -0.3 is 15.4 Å². The van der Waals surface area contributed by atoms with Crippen molar-refractivity contribution in [3.63, 3.8) is 0 Å². The van der Waals surface area contributed by atoms with Crippen molar-refractivity contribution in [1.82, 2.24) is 10.3 Å². The van der Waals surface area contributed by atoms with Crippen molar-refractivity contribution >= 4 is 28.9 Å². The van der Waals surface area contributed by atoms with Gasteiger partial charge in [-0.05, 0) is 42.9 Å². The Balaban J connectivity index is 2.17. The van der Waals surface area contributed by atoms with Crippen LogP contribution in [0.15, 0.2) is 42.6 Å². The van der Waals surface area contributed by atoms with Crippen molar-refractivity contribution in [2.24, 2.45) is 0 Å². The molecular weight excluding hydrogens is 286 g/mol. The number of thiocarbonyl (C=S) groups is 1. The number of anilines is 1. The fraction of sp³-hybridized carbons (Fsp3) is 0.133. The standard InChI is InChI=1S/C15H15N3O2S/c1-10-7-8-16-14(9-10)20-13-6-4-3-5-12(13)18-15(21)17-11(2)19/h3-9H,1-2H3,(H2,17,18,19,21). The van der Waals surface area contributed by atoms with Crippen molar-refractivity contribution in [1.29, 1.82) is 0 Å². The molecule has 6 heteroatoms. The number of carbonyl (C=O) groups is 1. The van der Waals surface area contributed by atoms with Gasteiger partial charge in [-0.25, -0.2) is 4.98 Å². The van der Waals surface area contributed by atoms with Gasteiger partial charge in [-0.15, -0.1) is 0 Å². The lowest BCUT2D eigenvalue weighted by molar-refractivity contribution is -0.117. The Labute approximate surface area is 128 Å². The lowest BCUT2D eigenvalue weighted by Gasteiger charge is -2.13. The molecule has 0 aliphatic heterocycles. The highest BCUT2D eigenvalue weighted by Crippen LogP contribution is 2.28. The van der Waals surface area contributed by atoms with Crippen LogP contribution in [0.25, 0.3) is 0 Å². The van der Waals surface area contributed by atoms with E-state index < -0.39 is 0 Å².